The molecule has 118 valence electrons. The molecule has 1 heterocycles. The van der Waals surface area contributed by atoms with Gasteiger partial charge >= 0.3 is 0 Å². The number of carbonyl (C=O) groups excluding carboxylic acids is 1. The van der Waals surface area contributed by atoms with Crippen molar-refractivity contribution < 1.29 is 4.79 Å². The van der Waals surface area contributed by atoms with E-state index in [0.29, 0.717) is 12.1 Å². The SMILES string of the molecule is O=C(NCCCNc1nsc2ccccc12)c1ccc(Br)cc1. The summed E-state index contributed by atoms with van der Waals surface area (Å²) in [6, 6.07) is 15.5. The van der Waals surface area contributed by atoms with Crippen LogP contribution in [0, 0.1) is 0 Å². The first-order chi connectivity index (χ1) is 11.2. The summed E-state index contributed by atoms with van der Waals surface area (Å²) in [7, 11) is 0. The standard InChI is InChI=1S/C17H16BrN3OS/c18-13-8-6-12(7-9-13)17(22)20-11-3-10-19-16-14-4-1-2-5-15(14)23-21-16/h1-2,4-9H,3,10-11H2,(H,19,21)(H,20,22). The first-order valence-electron chi connectivity index (χ1n) is 7.36. The van der Waals surface area contributed by atoms with E-state index in [1.54, 1.807) is 12.1 Å². The molecule has 0 bridgehead atoms. The van der Waals surface area contributed by atoms with Crippen LogP contribution in [0.1, 0.15) is 16.8 Å². The Balaban J connectivity index is 1.43. The van der Waals surface area contributed by atoms with Crippen molar-refractivity contribution in [3.05, 3.63) is 58.6 Å². The van der Waals surface area contributed by atoms with Crippen molar-refractivity contribution in [1.29, 1.82) is 0 Å². The van der Waals surface area contributed by atoms with E-state index >= 15 is 0 Å². The normalized spacial score (nSPS) is 10.7. The van der Waals surface area contributed by atoms with Gasteiger partial charge in [0.1, 0.15) is 5.82 Å². The molecule has 6 heteroatoms. The summed E-state index contributed by atoms with van der Waals surface area (Å²) in [5.74, 6) is 0.876. The largest absolute Gasteiger partial charge is 0.369 e. The van der Waals surface area contributed by atoms with E-state index in [1.807, 2.05) is 24.3 Å². The Kier molecular flexibility index (Phi) is 5.25. The smallest absolute Gasteiger partial charge is 0.251 e. The number of hydrogen-bond donors (Lipinski definition) is 2. The average Bonchev–Trinajstić information content (AvgIpc) is 2.98. The Morgan fingerprint density at radius 1 is 1.09 bits per heavy atom. The van der Waals surface area contributed by atoms with Crippen molar-refractivity contribution in [2.75, 3.05) is 18.4 Å². The van der Waals surface area contributed by atoms with E-state index in [2.05, 4.69) is 43.1 Å². The first-order valence-corrected chi connectivity index (χ1v) is 8.93. The molecule has 0 aliphatic rings. The highest BCUT2D eigenvalue weighted by molar-refractivity contribution is 9.10. The number of rotatable bonds is 6. The third kappa shape index (κ3) is 4.09. The molecule has 0 radical (unpaired) electrons. The molecule has 23 heavy (non-hydrogen) atoms. The fourth-order valence-electron chi connectivity index (χ4n) is 2.21. The van der Waals surface area contributed by atoms with Crippen LogP contribution in [0.25, 0.3) is 10.1 Å². The summed E-state index contributed by atoms with van der Waals surface area (Å²) in [4.78, 5) is 12.0. The second-order valence-corrected chi connectivity index (χ2v) is 6.79. The molecule has 4 nitrogen and oxygen atoms in total. The van der Waals surface area contributed by atoms with Crippen molar-refractivity contribution in [2.45, 2.75) is 6.42 Å². The molecule has 0 fully saturated rings. The molecule has 0 unspecified atom stereocenters. The first kappa shape index (κ1) is 16.0. The van der Waals surface area contributed by atoms with Crippen LogP contribution < -0.4 is 10.6 Å². The maximum atomic E-state index is 12.0. The molecule has 0 saturated heterocycles. The number of benzene rings is 2. The third-order valence-corrected chi connectivity index (χ3v) is 4.77. The summed E-state index contributed by atoms with van der Waals surface area (Å²) in [6.45, 7) is 1.40. The summed E-state index contributed by atoms with van der Waals surface area (Å²) in [5, 5.41) is 7.40. The van der Waals surface area contributed by atoms with Gasteiger partial charge in [-0.15, -0.1) is 0 Å². The van der Waals surface area contributed by atoms with Crippen LogP contribution in [0.4, 0.5) is 5.82 Å². The molecule has 2 N–H and O–H groups in total. The van der Waals surface area contributed by atoms with E-state index in [1.165, 1.54) is 16.2 Å². The van der Waals surface area contributed by atoms with Crippen LogP contribution in [0.3, 0.4) is 0 Å². The fraction of sp³-hybridized carbons (Fsp3) is 0.176. The van der Waals surface area contributed by atoms with Crippen molar-refractivity contribution in [3.8, 4) is 0 Å². The molecule has 1 amide bonds. The van der Waals surface area contributed by atoms with E-state index in [4.69, 9.17) is 0 Å². The van der Waals surface area contributed by atoms with Gasteiger partial charge in [0.2, 0.25) is 0 Å². The number of hydrogen-bond acceptors (Lipinski definition) is 4. The van der Waals surface area contributed by atoms with Gasteiger partial charge in [0.15, 0.2) is 0 Å². The van der Waals surface area contributed by atoms with Gasteiger partial charge in [-0.2, -0.15) is 4.37 Å². The molecule has 0 aliphatic heterocycles. The van der Waals surface area contributed by atoms with Crippen molar-refractivity contribution in [2.24, 2.45) is 0 Å². The number of anilines is 1. The Hall–Kier alpha value is -1.92. The number of carbonyl (C=O) groups is 1. The zero-order valence-electron chi connectivity index (χ0n) is 12.4. The molecule has 0 aliphatic carbocycles. The number of aromatic nitrogens is 1. The Labute approximate surface area is 147 Å². The summed E-state index contributed by atoms with van der Waals surface area (Å²) < 4.78 is 6.57. The van der Waals surface area contributed by atoms with Crippen molar-refractivity contribution >= 4 is 49.3 Å². The van der Waals surface area contributed by atoms with Crippen LogP contribution in [0.2, 0.25) is 0 Å². The Bertz CT molecular complexity index is 801. The molecular weight excluding hydrogens is 374 g/mol. The zero-order chi connectivity index (χ0) is 16.1. The monoisotopic (exact) mass is 389 g/mol. The molecule has 0 spiro atoms. The molecule has 1 aromatic heterocycles. The van der Waals surface area contributed by atoms with Crippen molar-refractivity contribution in [1.82, 2.24) is 9.69 Å². The van der Waals surface area contributed by atoms with Gasteiger partial charge in [0, 0.05) is 28.5 Å². The third-order valence-electron chi connectivity index (χ3n) is 3.42. The van der Waals surface area contributed by atoms with Crippen LogP contribution in [0.15, 0.2) is 53.0 Å². The van der Waals surface area contributed by atoms with E-state index in [0.717, 1.165) is 28.6 Å². The second-order valence-electron chi connectivity index (χ2n) is 5.07. The summed E-state index contributed by atoms with van der Waals surface area (Å²) >= 11 is 4.85. The quantitative estimate of drug-likeness (QED) is 0.618. The van der Waals surface area contributed by atoms with E-state index < -0.39 is 0 Å². The highest BCUT2D eigenvalue weighted by atomic mass is 79.9. The lowest BCUT2D eigenvalue weighted by Gasteiger charge is -2.06. The van der Waals surface area contributed by atoms with Crippen LogP contribution in [-0.4, -0.2) is 23.4 Å². The Morgan fingerprint density at radius 2 is 1.87 bits per heavy atom. The Morgan fingerprint density at radius 3 is 2.70 bits per heavy atom. The number of nitrogens with one attached hydrogen (secondary N) is 2. The molecular formula is C17H16BrN3OS. The van der Waals surface area contributed by atoms with Gasteiger partial charge in [-0.1, -0.05) is 28.1 Å². The van der Waals surface area contributed by atoms with Crippen LogP contribution in [0.5, 0.6) is 0 Å². The van der Waals surface area contributed by atoms with Gasteiger partial charge in [-0.25, -0.2) is 0 Å². The maximum Gasteiger partial charge on any atom is 0.251 e. The summed E-state index contributed by atoms with van der Waals surface area (Å²) in [5.41, 5.74) is 0.673. The predicted molar refractivity (Wildman–Crippen MR) is 99.2 cm³/mol. The number of fused-ring (bicyclic) bond motifs is 1. The van der Waals surface area contributed by atoms with E-state index in [-0.39, 0.29) is 5.91 Å². The highest BCUT2D eigenvalue weighted by Crippen LogP contribution is 2.25. The average molecular weight is 390 g/mol. The summed E-state index contributed by atoms with van der Waals surface area (Å²) in [6.07, 6.45) is 0.841. The minimum Gasteiger partial charge on any atom is -0.369 e. The molecule has 3 aromatic rings. The topological polar surface area (TPSA) is 54.0 Å². The van der Waals surface area contributed by atoms with Gasteiger partial charge in [0.25, 0.3) is 5.91 Å². The number of amides is 1. The van der Waals surface area contributed by atoms with Gasteiger partial charge in [-0.3, -0.25) is 4.79 Å². The maximum absolute atomic E-state index is 12.0. The predicted octanol–water partition coefficient (Wildman–Crippen LogP) is 4.29. The van der Waals surface area contributed by atoms with E-state index in [9.17, 15) is 4.79 Å². The van der Waals surface area contributed by atoms with Crippen LogP contribution >= 0.6 is 27.5 Å². The molecule has 3 rings (SSSR count). The number of halogens is 1. The van der Waals surface area contributed by atoms with Gasteiger partial charge in [-0.05, 0) is 54.4 Å². The highest BCUT2D eigenvalue weighted by Gasteiger charge is 2.05. The van der Waals surface area contributed by atoms with Gasteiger partial charge in [0.05, 0.1) is 4.70 Å². The second kappa shape index (κ2) is 7.57. The lowest BCUT2D eigenvalue weighted by Crippen LogP contribution is -2.25. The van der Waals surface area contributed by atoms with Crippen LogP contribution in [-0.2, 0) is 0 Å². The molecule has 2 aromatic carbocycles. The lowest BCUT2D eigenvalue weighted by atomic mass is 10.2. The lowest BCUT2D eigenvalue weighted by molar-refractivity contribution is 0.0953. The minimum absolute atomic E-state index is 0.0448. The molecule has 0 saturated carbocycles. The minimum atomic E-state index is -0.0448. The van der Waals surface area contributed by atoms with Gasteiger partial charge < -0.3 is 10.6 Å². The zero-order valence-corrected chi connectivity index (χ0v) is 14.8. The number of nitrogens with zero attached hydrogens (tertiary/aromatic N) is 1. The molecule has 0 atom stereocenters. The van der Waals surface area contributed by atoms with Crippen molar-refractivity contribution in [3.63, 3.8) is 0 Å². The fourth-order valence-corrected chi connectivity index (χ4v) is 3.23.